The van der Waals surface area contributed by atoms with Gasteiger partial charge < -0.3 is 70.5 Å². The van der Waals surface area contributed by atoms with Crippen molar-refractivity contribution in [2.75, 3.05) is 57.0 Å². The average Bonchev–Trinajstić information content (AvgIpc) is 2.16. The molecule has 10 N–H and O–H groups in total. The lowest BCUT2D eigenvalue weighted by Crippen LogP contribution is -2.63. The number of nitrogens with one attached hydrogen (secondary N) is 6. The Labute approximate surface area is 487 Å². The number of carbonyl (C=O) groups is 8. The van der Waals surface area contributed by atoms with Crippen molar-refractivity contribution < 1.29 is 77.0 Å². The van der Waals surface area contributed by atoms with E-state index in [1.807, 2.05) is 19.1 Å². The summed E-state index contributed by atoms with van der Waals surface area (Å²) in [4.78, 5) is 106. The van der Waals surface area contributed by atoms with Crippen LogP contribution in [0.1, 0.15) is 91.5 Å². The fourth-order valence-corrected chi connectivity index (χ4v) is 10.6. The third-order valence-corrected chi connectivity index (χ3v) is 15.5. The van der Waals surface area contributed by atoms with Crippen LogP contribution in [0.2, 0.25) is 5.02 Å². The van der Waals surface area contributed by atoms with Crippen LogP contribution in [0.4, 0.5) is 31.4 Å². The van der Waals surface area contributed by atoms with Gasteiger partial charge in [-0.3, -0.25) is 39.5 Å². The lowest BCUT2D eigenvalue weighted by atomic mass is 9.83. The molecule has 25 nitrogen and oxygen atoms in total. The number of unbranched alkanes of at least 4 members (excludes halogenated alkanes) is 2. The first kappa shape index (κ1) is 64.7. The van der Waals surface area contributed by atoms with Crippen molar-refractivity contribution in [2.24, 2.45) is 17.6 Å². The third-order valence-electron chi connectivity index (χ3n) is 15.1. The lowest BCUT2D eigenvalue weighted by Gasteiger charge is -2.42. The molecule has 83 heavy (non-hydrogen) atoms. The predicted octanol–water partition coefficient (Wildman–Crippen LogP) is 4.67. The number of amides is 9. The number of halogens is 1. The molecule has 26 heteroatoms. The molecule has 0 spiro atoms. The van der Waals surface area contributed by atoms with Crippen molar-refractivity contribution >= 4 is 76.4 Å². The van der Waals surface area contributed by atoms with E-state index in [1.165, 1.54) is 56.6 Å². The Balaban J connectivity index is 1.18. The summed E-state index contributed by atoms with van der Waals surface area (Å²) >= 11 is 6.88. The van der Waals surface area contributed by atoms with E-state index in [9.17, 15) is 48.6 Å². The largest absolute Gasteiger partial charge is 0.495 e. The number of anilines is 3. The fraction of sp³-hybridized carbons (Fsp3) is 0.544. The summed E-state index contributed by atoms with van der Waals surface area (Å²) in [7, 11) is 5.84. The van der Waals surface area contributed by atoms with Gasteiger partial charge in [-0.15, -0.1) is 0 Å². The Bertz CT molecular complexity index is 2810. The normalized spacial score (nSPS) is 26.0. The van der Waals surface area contributed by atoms with E-state index in [0.29, 0.717) is 37.1 Å². The Hall–Kier alpha value is -7.45. The molecule has 4 aliphatic rings. The number of primary amides is 1. The Kier molecular flexibility index (Phi) is 22.4. The summed E-state index contributed by atoms with van der Waals surface area (Å²) in [6.45, 7) is 9.14. The predicted molar refractivity (Wildman–Crippen MR) is 305 cm³/mol. The molecule has 1 unspecified atom stereocenters. The minimum Gasteiger partial charge on any atom is -0.495 e. The summed E-state index contributed by atoms with van der Waals surface area (Å²) < 4.78 is 35.2. The quantitative estimate of drug-likeness (QED) is 0.0466. The third kappa shape index (κ3) is 16.9. The number of fused-ring (bicyclic) bond motifs is 5. The van der Waals surface area contributed by atoms with Gasteiger partial charge in [-0.1, -0.05) is 62.6 Å². The summed E-state index contributed by atoms with van der Waals surface area (Å²) in [6, 6.07) is 4.89. The van der Waals surface area contributed by atoms with Crippen LogP contribution in [0.5, 0.6) is 11.5 Å². The highest BCUT2D eigenvalue weighted by Gasteiger charge is 2.64. The Morgan fingerprint density at radius 1 is 0.952 bits per heavy atom. The van der Waals surface area contributed by atoms with Crippen LogP contribution in [-0.2, 0) is 49.3 Å². The zero-order valence-electron chi connectivity index (χ0n) is 48.2. The van der Waals surface area contributed by atoms with Gasteiger partial charge in [0, 0.05) is 76.3 Å². The number of benzene rings is 2. The van der Waals surface area contributed by atoms with Gasteiger partial charge in [0.15, 0.2) is 5.72 Å². The molecule has 2 saturated heterocycles. The highest BCUT2D eigenvalue weighted by atomic mass is 35.5. The van der Waals surface area contributed by atoms with Gasteiger partial charge in [-0.2, -0.15) is 0 Å². The van der Waals surface area contributed by atoms with Crippen LogP contribution >= 0.6 is 11.6 Å². The summed E-state index contributed by atoms with van der Waals surface area (Å²) in [6.07, 6.45) is 2.40. The van der Waals surface area contributed by atoms with Crippen LogP contribution in [0.15, 0.2) is 66.3 Å². The number of ether oxygens (including phenoxy) is 6. The monoisotopic (exact) mass is 1180 g/mol. The molecule has 9 amide bonds. The molecule has 0 saturated carbocycles. The van der Waals surface area contributed by atoms with Crippen molar-refractivity contribution in [3.05, 3.63) is 76.9 Å². The molecule has 0 aromatic heterocycles. The number of rotatable bonds is 21. The number of epoxide rings is 1. The first-order valence-corrected chi connectivity index (χ1v) is 27.8. The number of imide groups is 1. The number of nitrogens with zero attached hydrogens (tertiary/aromatic N) is 2. The van der Waals surface area contributed by atoms with Gasteiger partial charge in [0.1, 0.15) is 58.7 Å². The molecule has 2 aromatic carbocycles. The van der Waals surface area contributed by atoms with E-state index >= 15 is 0 Å². The Morgan fingerprint density at radius 2 is 1.66 bits per heavy atom. The second-order valence-electron chi connectivity index (χ2n) is 21.6. The van der Waals surface area contributed by atoms with Gasteiger partial charge >= 0.3 is 18.2 Å². The van der Waals surface area contributed by atoms with E-state index in [4.69, 9.17) is 45.8 Å². The molecule has 0 aliphatic carbocycles. The number of urea groups is 1. The molecule has 454 valence electrons. The van der Waals surface area contributed by atoms with Crippen LogP contribution in [-0.4, -0.2) is 158 Å². The van der Waals surface area contributed by atoms with E-state index in [0.717, 1.165) is 16.0 Å². The van der Waals surface area contributed by atoms with E-state index in [2.05, 4.69) is 31.9 Å². The Morgan fingerprint density at radius 3 is 2.33 bits per heavy atom. The number of hydrogen-bond donors (Lipinski definition) is 9. The summed E-state index contributed by atoms with van der Waals surface area (Å²) in [5, 5.41) is 40.1. The number of methoxy groups -OCH3 is 3. The van der Waals surface area contributed by atoms with Crippen molar-refractivity contribution in [2.45, 2.75) is 146 Å². The van der Waals surface area contributed by atoms with Crippen molar-refractivity contribution in [3.63, 3.8) is 0 Å². The molecule has 4 bridgehead atoms. The van der Waals surface area contributed by atoms with Crippen LogP contribution in [0, 0.1) is 11.8 Å². The van der Waals surface area contributed by atoms with E-state index in [1.54, 1.807) is 53.0 Å². The summed E-state index contributed by atoms with van der Waals surface area (Å²) in [5.74, 6) is -3.08. The molecule has 10 atom stereocenters. The average molecular weight is 1180 g/mol. The minimum absolute atomic E-state index is 0.0257. The molecule has 2 fully saturated rings. The number of allylic oxidation sites excluding steroid dienone is 3. The standard InChI is InChI=1S/C57H78ClN9O16/c1-31(2)49(64-44(68)18-11-10-12-24-67-45(69)21-22-46(67)70)52(73)63-37(16-14-23-60-53(59)74)51(72)62-36-20-19-35(28-39(36)78-7)61-54(75)82-43-29-47(71)66(6)38-26-34(27-40(79-8)48(38)58)25-32(3)15-13-17-42(80-9)57(77)30-41(81-55(76)65-57)33(4)50-56(43,5)83-50/h13,15,17,19-22,26-28,31,33,37,41-43,47,49-50,71,77H,10-12,14,16,18,23-25,29-30H2,1-9H3,(H,61,75)(H,62,72)(H,63,73)(H,64,68)(H,65,76)(H3,59,60,74)/b17-13+,32-15+/t33-,37+,41+,42-,43+,47?,49+,50+,56+,57+/m1/s1. The van der Waals surface area contributed by atoms with Crippen molar-refractivity contribution in [1.29, 1.82) is 0 Å². The number of aliphatic hydroxyl groups excluding tert-OH is 1. The zero-order chi connectivity index (χ0) is 60.9. The number of hydrogen-bond acceptors (Lipinski definition) is 17. The van der Waals surface area contributed by atoms with Crippen LogP contribution < -0.4 is 52.0 Å². The molecule has 6 rings (SSSR count). The maximum absolute atomic E-state index is 14.1. The minimum atomic E-state index is -1.90. The maximum Gasteiger partial charge on any atom is 0.412 e. The molecular weight excluding hydrogens is 1100 g/mol. The van der Waals surface area contributed by atoms with Gasteiger partial charge in [0.2, 0.25) is 17.7 Å². The molecular formula is C57H78ClN9O16. The number of alkyl carbamates (subject to hydrolysis) is 1. The second-order valence-corrected chi connectivity index (χ2v) is 22.0. The van der Waals surface area contributed by atoms with Crippen LogP contribution in [0.25, 0.3) is 0 Å². The topological polar surface area (TPSA) is 340 Å². The van der Waals surface area contributed by atoms with Crippen molar-refractivity contribution in [1.82, 2.24) is 26.2 Å². The van der Waals surface area contributed by atoms with E-state index in [-0.39, 0.29) is 79.2 Å². The number of carbonyl (C=O) groups excluding carboxylic acids is 8. The molecule has 4 aliphatic heterocycles. The van der Waals surface area contributed by atoms with Gasteiger partial charge in [-0.25, -0.2) is 14.4 Å². The van der Waals surface area contributed by atoms with Gasteiger partial charge in [0.25, 0.3) is 11.8 Å². The van der Waals surface area contributed by atoms with Crippen molar-refractivity contribution in [3.8, 4) is 11.5 Å². The fourth-order valence-electron chi connectivity index (χ4n) is 10.3. The lowest BCUT2D eigenvalue weighted by molar-refractivity contribution is -0.142. The smallest absolute Gasteiger partial charge is 0.412 e. The van der Waals surface area contributed by atoms with Gasteiger partial charge in [0.05, 0.1) is 31.7 Å². The highest BCUT2D eigenvalue weighted by molar-refractivity contribution is 6.34. The SMILES string of the molecule is COc1cc(NC(=O)O[C@H]2CC(O)N(C)c3cc(cc(OC)c3Cl)C/C(C)=C/C=C/[C@@H](OC)[C@@]3(O)C[C@H](OC(=O)N3)[C@@H](C)[C@@H]3O[C@@]23C)ccc1NC(=O)[C@H](CCCNC(N)=O)NC(=O)[C@@H](NC(=O)CCCCCN1C(=O)C=CC1=O)C(C)C. The first-order chi connectivity index (χ1) is 39.3. The zero-order valence-corrected chi connectivity index (χ0v) is 49.0. The first-order valence-electron chi connectivity index (χ1n) is 27.5. The van der Waals surface area contributed by atoms with E-state index < -0.39 is 102 Å². The highest BCUT2D eigenvalue weighted by Crippen LogP contribution is 2.49. The molecule has 2 aromatic rings. The number of nitrogens with two attached hydrogens (primary N) is 1. The molecule has 4 heterocycles. The maximum atomic E-state index is 14.1. The van der Waals surface area contributed by atoms with Crippen LogP contribution in [0.3, 0.4) is 0 Å². The van der Waals surface area contributed by atoms with Gasteiger partial charge in [-0.05, 0) is 81.7 Å². The second kappa shape index (κ2) is 28.7. The number of aliphatic hydroxyl groups is 2. The molecule has 0 radical (unpaired) electrons. The summed E-state index contributed by atoms with van der Waals surface area (Å²) in [5.41, 5.74) is 4.46.